The van der Waals surface area contributed by atoms with Crippen LogP contribution in [0.2, 0.25) is 0 Å². The first-order valence-electron chi connectivity index (χ1n) is 8.40. The molecule has 0 unspecified atom stereocenters. The van der Waals surface area contributed by atoms with Gasteiger partial charge in [-0.25, -0.2) is 4.79 Å². The molecular weight excluding hydrogens is 376 g/mol. The summed E-state index contributed by atoms with van der Waals surface area (Å²) in [7, 11) is 0. The van der Waals surface area contributed by atoms with Crippen LogP contribution in [0.4, 0.5) is 11.4 Å². The van der Waals surface area contributed by atoms with Gasteiger partial charge in [0.1, 0.15) is 0 Å². The van der Waals surface area contributed by atoms with Gasteiger partial charge in [0.2, 0.25) is 0 Å². The van der Waals surface area contributed by atoms with Gasteiger partial charge < -0.3 is 5.11 Å². The minimum atomic E-state index is -0.989. The monoisotopic (exact) mass is 390 g/mol. The number of hydrogen-bond donors (Lipinski definition) is 1. The Morgan fingerprint density at radius 2 is 1.38 bits per heavy atom. The van der Waals surface area contributed by atoms with Gasteiger partial charge in [0, 0.05) is 6.07 Å². The molecule has 3 aromatic carbocycles. The molecule has 0 heterocycles. The number of aromatic carboxylic acids is 1. The summed E-state index contributed by atoms with van der Waals surface area (Å²) in [5.41, 5.74) is 2.31. The van der Waals surface area contributed by atoms with Gasteiger partial charge in [0.15, 0.2) is 0 Å². The lowest BCUT2D eigenvalue weighted by atomic mass is 10.0. The van der Waals surface area contributed by atoms with Crippen LogP contribution >= 0.6 is 0 Å². The number of nitrogens with zero attached hydrogens (tertiary/aromatic N) is 2. The molecular formula is C21H14N2O6. The highest BCUT2D eigenvalue weighted by molar-refractivity contribution is 5.88. The second-order valence-electron chi connectivity index (χ2n) is 6.10. The molecule has 29 heavy (non-hydrogen) atoms. The predicted octanol–water partition coefficient (Wildman–Crippen LogP) is 5.04. The van der Waals surface area contributed by atoms with Gasteiger partial charge in [0.05, 0.1) is 27.0 Å². The SMILES string of the molecule is O=C(O)c1ccc(-c2ccc(/C=C/c3ccc([N+](=O)[O-])cc3[N+](=O)[O-])cc2)cc1. The van der Waals surface area contributed by atoms with Crippen LogP contribution in [0.25, 0.3) is 23.3 Å². The highest BCUT2D eigenvalue weighted by Crippen LogP contribution is 2.27. The summed E-state index contributed by atoms with van der Waals surface area (Å²) in [5.74, 6) is -0.989. The third-order valence-electron chi connectivity index (χ3n) is 4.25. The molecule has 3 aromatic rings. The molecule has 144 valence electrons. The number of benzene rings is 3. The lowest BCUT2D eigenvalue weighted by Crippen LogP contribution is -1.95. The van der Waals surface area contributed by atoms with Gasteiger partial charge in [-0.2, -0.15) is 0 Å². The van der Waals surface area contributed by atoms with Gasteiger partial charge >= 0.3 is 5.97 Å². The summed E-state index contributed by atoms with van der Waals surface area (Å²) >= 11 is 0. The number of carboxylic acid groups (broad SMARTS) is 1. The molecule has 0 saturated heterocycles. The van der Waals surface area contributed by atoms with Crippen LogP contribution in [-0.4, -0.2) is 20.9 Å². The Morgan fingerprint density at radius 1 is 0.793 bits per heavy atom. The van der Waals surface area contributed by atoms with Crippen LogP contribution < -0.4 is 0 Å². The molecule has 1 N–H and O–H groups in total. The molecule has 0 aliphatic heterocycles. The number of nitro groups is 2. The molecule has 8 heteroatoms. The summed E-state index contributed by atoms with van der Waals surface area (Å²) in [6.45, 7) is 0. The molecule has 8 nitrogen and oxygen atoms in total. The van der Waals surface area contributed by atoms with E-state index in [-0.39, 0.29) is 22.5 Å². The molecule has 0 radical (unpaired) electrons. The van der Waals surface area contributed by atoms with Crippen molar-refractivity contribution in [3.63, 3.8) is 0 Å². The van der Waals surface area contributed by atoms with E-state index in [1.54, 1.807) is 18.2 Å². The third kappa shape index (κ3) is 4.51. The van der Waals surface area contributed by atoms with Crippen LogP contribution in [0.15, 0.2) is 66.7 Å². The van der Waals surface area contributed by atoms with E-state index in [0.29, 0.717) is 0 Å². The van der Waals surface area contributed by atoms with E-state index < -0.39 is 15.8 Å². The molecule has 0 aliphatic carbocycles. The normalized spacial score (nSPS) is 10.8. The molecule has 0 amide bonds. The average Bonchev–Trinajstić information content (AvgIpc) is 2.72. The van der Waals surface area contributed by atoms with Crippen molar-refractivity contribution in [2.24, 2.45) is 0 Å². The highest BCUT2D eigenvalue weighted by atomic mass is 16.6. The Labute approximate surface area is 164 Å². The lowest BCUT2D eigenvalue weighted by Gasteiger charge is -2.03. The molecule has 0 saturated carbocycles. The van der Waals surface area contributed by atoms with Gasteiger partial charge in [-0.05, 0) is 41.0 Å². The van der Waals surface area contributed by atoms with E-state index in [0.717, 1.165) is 22.8 Å². The van der Waals surface area contributed by atoms with Crippen molar-refractivity contribution in [3.05, 3.63) is 104 Å². The largest absolute Gasteiger partial charge is 0.478 e. The summed E-state index contributed by atoms with van der Waals surface area (Å²) in [4.78, 5) is 31.6. The highest BCUT2D eigenvalue weighted by Gasteiger charge is 2.17. The number of hydrogen-bond acceptors (Lipinski definition) is 5. The molecule has 0 atom stereocenters. The fourth-order valence-electron chi connectivity index (χ4n) is 2.72. The summed E-state index contributed by atoms with van der Waals surface area (Å²) in [6, 6.07) is 17.3. The average molecular weight is 390 g/mol. The smallest absolute Gasteiger partial charge is 0.335 e. The van der Waals surface area contributed by atoms with Crippen LogP contribution in [-0.2, 0) is 0 Å². The zero-order chi connectivity index (χ0) is 21.0. The Balaban J connectivity index is 1.82. The second kappa shape index (κ2) is 8.13. The second-order valence-corrected chi connectivity index (χ2v) is 6.10. The van der Waals surface area contributed by atoms with Crippen molar-refractivity contribution < 1.29 is 19.7 Å². The zero-order valence-corrected chi connectivity index (χ0v) is 14.9. The molecule has 0 bridgehead atoms. The lowest BCUT2D eigenvalue weighted by molar-refractivity contribution is -0.394. The van der Waals surface area contributed by atoms with Crippen LogP contribution in [0, 0.1) is 20.2 Å². The standard InChI is InChI=1S/C21H14N2O6/c24-21(25)18-9-7-16(8-10-18)15-4-1-14(2-5-15)3-6-17-11-12-19(22(26)27)13-20(17)23(28)29/h1-13H,(H,24,25)/b6-3+. The summed E-state index contributed by atoms with van der Waals surface area (Å²) < 4.78 is 0. The maximum atomic E-state index is 11.2. The van der Waals surface area contributed by atoms with E-state index in [1.807, 2.05) is 24.3 Å². The maximum Gasteiger partial charge on any atom is 0.335 e. The predicted molar refractivity (Wildman–Crippen MR) is 108 cm³/mol. The van der Waals surface area contributed by atoms with Crippen molar-refractivity contribution in [2.75, 3.05) is 0 Å². The molecule has 0 spiro atoms. The Kier molecular flexibility index (Phi) is 5.45. The fourth-order valence-corrected chi connectivity index (χ4v) is 2.72. The van der Waals surface area contributed by atoms with Gasteiger partial charge in [-0.3, -0.25) is 20.2 Å². The molecule has 0 aliphatic rings. The Morgan fingerprint density at radius 3 is 1.90 bits per heavy atom. The van der Waals surface area contributed by atoms with Crippen molar-refractivity contribution >= 4 is 29.5 Å². The minimum Gasteiger partial charge on any atom is -0.478 e. The van der Waals surface area contributed by atoms with Gasteiger partial charge in [-0.1, -0.05) is 42.5 Å². The van der Waals surface area contributed by atoms with Crippen LogP contribution in [0.3, 0.4) is 0 Å². The van der Waals surface area contributed by atoms with Crippen molar-refractivity contribution in [1.29, 1.82) is 0 Å². The third-order valence-corrected chi connectivity index (χ3v) is 4.25. The van der Waals surface area contributed by atoms with Crippen molar-refractivity contribution in [2.45, 2.75) is 0 Å². The number of rotatable bonds is 6. The number of nitro benzene ring substituents is 2. The quantitative estimate of drug-likeness (QED) is 0.357. The van der Waals surface area contributed by atoms with Gasteiger partial charge in [0.25, 0.3) is 11.4 Å². The Hall–Kier alpha value is -4.33. The molecule has 3 rings (SSSR count). The molecule has 0 fully saturated rings. The van der Waals surface area contributed by atoms with E-state index in [9.17, 15) is 25.0 Å². The van der Waals surface area contributed by atoms with Crippen LogP contribution in [0.1, 0.15) is 21.5 Å². The van der Waals surface area contributed by atoms with Gasteiger partial charge in [-0.15, -0.1) is 0 Å². The van der Waals surface area contributed by atoms with E-state index in [1.165, 1.54) is 30.3 Å². The number of non-ortho nitro benzene ring substituents is 1. The van der Waals surface area contributed by atoms with Crippen molar-refractivity contribution in [1.82, 2.24) is 0 Å². The van der Waals surface area contributed by atoms with E-state index in [2.05, 4.69) is 0 Å². The van der Waals surface area contributed by atoms with Crippen LogP contribution in [0.5, 0.6) is 0 Å². The first-order chi connectivity index (χ1) is 13.8. The zero-order valence-electron chi connectivity index (χ0n) is 14.9. The fraction of sp³-hybridized carbons (Fsp3) is 0. The topological polar surface area (TPSA) is 124 Å². The Bertz CT molecular complexity index is 1120. The number of carboxylic acids is 1. The first kappa shape index (κ1) is 19.4. The molecule has 0 aromatic heterocycles. The van der Waals surface area contributed by atoms with E-state index in [4.69, 9.17) is 5.11 Å². The summed E-state index contributed by atoms with van der Waals surface area (Å²) in [5, 5.41) is 30.9. The maximum absolute atomic E-state index is 11.2. The number of carbonyl (C=O) groups is 1. The first-order valence-corrected chi connectivity index (χ1v) is 8.40. The van der Waals surface area contributed by atoms with E-state index >= 15 is 0 Å². The summed E-state index contributed by atoms with van der Waals surface area (Å²) in [6.07, 6.45) is 3.20. The van der Waals surface area contributed by atoms with Crippen molar-refractivity contribution in [3.8, 4) is 11.1 Å². The minimum absolute atomic E-state index is 0.206.